The Bertz CT molecular complexity index is 1720. The van der Waals surface area contributed by atoms with E-state index in [1.807, 2.05) is 42.5 Å². The molecule has 2 amide bonds. The maximum atomic E-state index is 12.4. The molecule has 6 saturated heterocycles. The van der Waals surface area contributed by atoms with Gasteiger partial charge in [0.2, 0.25) is 0 Å². The number of benzene rings is 3. The second kappa shape index (κ2) is 14.8. The zero-order valence-corrected chi connectivity index (χ0v) is 30.9. The van der Waals surface area contributed by atoms with Gasteiger partial charge in [-0.3, -0.25) is 14.4 Å². The summed E-state index contributed by atoms with van der Waals surface area (Å²) < 4.78 is 3.72. The molecule has 2 atom stereocenters. The summed E-state index contributed by atoms with van der Waals surface area (Å²) in [6, 6.07) is 24.9. The third-order valence-electron chi connectivity index (χ3n) is 13.4. The molecule has 0 radical (unpaired) electrons. The number of piperazine rings is 6. The zero-order valence-electron chi connectivity index (χ0n) is 30.9. The van der Waals surface area contributed by atoms with E-state index in [1.54, 1.807) is 0 Å². The number of primary amides is 2. The first-order valence-electron chi connectivity index (χ1n) is 19.3. The number of carbonyl (C=O) groups is 4. The van der Waals surface area contributed by atoms with Crippen molar-refractivity contribution < 1.29 is 42.2 Å². The number of hydrogen-bond acceptors (Lipinski definition) is 4. The zero-order chi connectivity index (χ0) is 37.3. The average Bonchev–Trinajstić information content (AvgIpc) is 3.14. The van der Waals surface area contributed by atoms with Crippen molar-refractivity contribution in [1.29, 1.82) is 0 Å². The van der Waals surface area contributed by atoms with Crippen LogP contribution in [0.5, 0.6) is 0 Å². The van der Waals surface area contributed by atoms with E-state index in [0.717, 1.165) is 138 Å². The van der Waals surface area contributed by atoms with Gasteiger partial charge >= 0.3 is 5.97 Å². The lowest BCUT2D eigenvalue weighted by molar-refractivity contribution is -1.08. The number of fused-ring (bicyclic) bond motifs is 6. The Morgan fingerprint density at radius 3 is 1.42 bits per heavy atom. The van der Waals surface area contributed by atoms with Gasteiger partial charge in [0, 0.05) is 17.0 Å². The van der Waals surface area contributed by atoms with Crippen LogP contribution < -0.4 is 11.5 Å². The Morgan fingerprint density at radius 2 is 1.00 bits per heavy atom. The van der Waals surface area contributed by atoms with Gasteiger partial charge in [-0.1, -0.05) is 54.6 Å². The number of amides is 2. The van der Waals surface area contributed by atoms with Crippen molar-refractivity contribution >= 4 is 24.1 Å². The molecule has 11 heteroatoms. The van der Waals surface area contributed by atoms with Gasteiger partial charge in [0.1, 0.15) is 97.9 Å². The Morgan fingerprint density at radius 1 is 0.566 bits per heavy atom. The third kappa shape index (κ3) is 8.23. The molecular formula is C42H56N6O5+4. The third-order valence-corrected chi connectivity index (χ3v) is 13.4. The molecule has 3 aromatic rings. The van der Waals surface area contributed by atoms with Crippen molar-refractivity contribution in [3.63, 3.8) is 0 Å². The van der Waals surface area contributed by atoms with Crippen LogP contribution in [0.15, 0.2) is 72.8 Å². The van der Waals surface area contributed by atoms with E-state index in [-0.39, 0.29) is 18.2 Å². The smallest absolute Gasteiger partial charge is 0.307 e. The fourth-order valence-corrected chi connectivity index (χ4v) is 10.1. The summed E-state index contributed by atoms with van der Waals surface area (Å²) in [4.78, 5) is 48.3. The van der Waals surface area contributed by atoms with Crippen molar-refractivity contribution in [2.24, 2.45) is 23.3 Å². The largest absolute Gasteiger partial charge is 0.481 e. The minimum Gasteiger partial charge on any atom is -0.481 e. The second-order valence-electron chi connectivity index (χ2n) is 17.0. The maximum Gasteiger partial charge on any atom is 0.307 e. The predicted octanol–water partition coefficient (Wildman–Crippen LogP) is 1.95. The number of aliphatic carboxylic acids is 1. The van der Waals surface area contributed by atoms with Gasteiger partial charge in [0.15, 0.2) is 13.1 Å². The lowest BCUT2D eigenvalue weighted by Gasteiger charge is -2.55. The molecule has 0 aliphatic carbocycles. The molecule has 280 valence electrons. The van der Waals surface area contributed by atoms with Gasteiger partial charge in [0.05, 0.1) is 5.92 Å². The van der Waals surface area contributed by atoms with E-state index in [1.165, 1.54) is 11.1 Å². The van der Waals surface area contributed by atoms with Crippen molar-refractivity contribution in [1.82, 2.24) is 0 Å². The van der Waals surface area contributed by atoms with E-state index in [0.29, 0.717) is 19.5 Å². The first-order chi connectivity index (χ1) is 25.4. The van der Waals surface area contributed by atoms with Crippen LogP contribution in [0.25, 0.3) is 11.1 Å². The fraction of sp³-hybridized carbons (Fsp3) is 0.476. The monoisotopic (exact) mass is 724 g/mol. The molecular weight excluding hydrogens is 668 g/mol. The molecule has 5 N–H and O–H groups in total. The van der Waals surface area contributed by atoms with Crippen molar-refractivity contribution in [3.05, 3.63) is 95.1 Å². The molecule has 0 unspecified atom stereocenters. The summed E-state index contributed by atoms with van der Waals surface area (Å²) in [6.45, 7) is 14.9. The van der Waals surface area contributed by atoms with Crippen molar-refractivity contribution in [2.45, 2.75) is 25.9 Å². The molecule has 4 bridgehead atoms. The number of hydrogen-bond donors (Lipinski definition) is 3. The molecule has 0 spiro atoms. The summed E-state index contributed by atoms with van der Waals surface area (Å²) in [5.41, 5.74) is 18.0. The predicted molar refractivity (Wildman–Crippen MR) is 201 cm³/mol. The van der Waals surface area contributed by atoms with Crippen LogP contribution in [0, 0.1) is 11.8 Å². The molecule has 53 heavy (non-hydrogen) atoms. The Labute approximate surface area is 312 Å². The van der Waals surface area contributed by atoms with Crippen LogP contribution in [-0.4, -0.2) is 139 Å². The number of aldehydes is 1. The van der Waals surface area contributed by atoms with Gasteiger partial charge in [-0.05, 0) is 53.3 Å². The highest BCUT2D eigenvalue weighted by atomic mass is 16.4. The second-order valence-corrected chi connectivity index (χ2v) is 17.0. The number of carboxylic acid groups (broad SMARTS) is 1. The summed E-state index contributed by atoms with van der Waals surface area (Å²) in [7, 11) is 0. The highest BCUT2D eigenvalue weighted by Crippen LogP contribution is 2.34. The number of nitrogens with two attached hydrogens (primary N) is 2. The lowest BCUT2D eigenvalue weighted by Crippen LogP contribution is -2.75. The summed E-state index contributed by atoms with van der Waals surface area (Å²) in [5.74, 6) is -2.82. The van der Waals surface area contributed by atoms with E-state index < -0.39 is 17.8 Å². The number of carbonyl (C=O) groups excluding carboxylic acids is 3. The van der Waals surface area contributed by atoms with Gasteiger partial charge in [-0.2, -0.15) is 0 Å². The molecule has 3 aromatic carbocycles. The number of carboxylic acids is 1. The van der Waals surface area contributed by atoms with E-state index >= 15 is 0 Å². The first kappa shape index (κ1) is 36.9. The minimum absolute atomic E-state index is 0.210. The maximum absolute atomic E-state index is 12.4. The van der Waals surface area contributed by atoms with Gasteiger partial charge < -0.3 is 39.3 Å². The molecule has 6 fully saturated rings. The topological polar surface area (TPSA) is 141 Å². The Hall–Kier alpha value is -4.42. The standard InChI is InChI=1S/C42H53N6O5/c43-40(50)29-47-16-10-45(11-17-47,12-18-47)27-34-22-35(28-46-13-19-48(20-14-46,21-15-46)30-41(44)51)25-37(24-34)36-8-6-33(7-9-36)26-39(42(52)53)38(31-49)23-32-4-2-1-3-5-32/h1-9,22,24-25,31,38-39H,10-21,23,26-30H2,(H2-3,43,44,50,51,52,53)/q+1/p+3/t38-,39+,45?,46?,47?,48?/m1/s1. The van der Waals surface area contributed by atoms with Crippen LogP contribution in [-0.2, 0) is 45.1 Å². The van der Waals surface area contributed by atoms with E-state index in [9.17, 15) is 24.3 Å². The van der Waals surface area contributed by atoms with Gasteiger partial charge in [-0.15, -0.1) is 0 Å². The Balaban J connectivity index is 1.13. The normalized spacial score (nSPS) is 28.6. The summed E-state index contributed by atoms with van der Waals surface area (Å²) in [5, 5.41) is 10.2. The number of quaternary nitrogens is 4. The van der Waals surface area contributed by atoms with Crippen LogP contribution >= 0.6 is 0 Å². The van der Waals surface area contributed by atoms with E-state index in [2.05, 4.69) is 30.3 Å². The molecule has 11 nitrogen and oxygen atoms in total. The van der Waals surface area contributed by atoms with Gasteiger partial charge in [0.25, 0.3) is 11.8 Å². The molecule has 0 aromatic heterocycles. The number of nitrogens with zero attached hydrogens (tertiary/aromatic N) is 4. The molecule has 9 rings (SSSR count). The van der Waals surface area contributed by atoms with Crippen LogP contribution in [0.3, 0.4) is 0 Å². The van der Waals surface area contributed by atoms with Crippen molar-refractivity contribution in [2.75, 3.05) is 91.6 Å². The van der Waals surface area contributed by atoms with Crippen molar-refractivity contribution in [3.8, 4) is 11.1 Å². The summed E-state index contributed by atoms with van der Waals surface area (Å²) >= 11 is 0. The molecule has 0 saturated carbocycles. The van der Waals surface area contributed by atoms with Crippen LogP contribution in [0.1, 0.15) is 22.3 Å². The minimum atomic E-state index is -0.957. The van der Waals surface area contributed by atoms with Gasteiger partial charge in [-0.25, -0.2) is 0 Å². The van der Waals surface area contributed by atoms with Crippen LogP contribution in [0.2, 0.25) is 0 Å². The molecule has 6 heterocycles. The van der Waals surface area contributed by atoms with Crippen LogP contribution in [0.4, 0.5) is 0 Å². The highest BCUT2D eigenvalue weighted by molar-refractivity contribution is 5.76. The quantitative estimate of drug-likeness (QED) is 0.153. The lowest BCUT2D eigenvalue weighted by atomic mass is 9.83. The number of rotatable bonds is 16. The molecule has 6 aliphatic rings. The average molecular weight is 725 g/mol. The highest BCUT2D eigenvalue weighted by Gasteiger charge is 2.51. The SMILES string of the molecule is NC(=O)C[N+]12CC[N+](Cc3cc(C[N+]45CC[N+](CC(N)=O)(CC4)CC5)cc(-c4ccc(C[C@H](C(=O)O)[C@@H](C=O)Cc5ccccc5)cc4)c3)(CC1)CC2. The fourth-order valence-electron chi connectivity index (χ4n) is 10.1. The first-order valence-corrected chi connectivity index (χ1v) is 19.3. The molecule has 6 aliphatic heterocycles. The van der Waals surface area contributed by atoms with E-state index in [4.69, 9.17) is 11.5 Å². The Kier molecular flexibility index (Phi) is 10.3. The summed E-state index contributed by atoms with van der Waals surface area (Å²) in [6.07, 6.45) is 1.47.